The van der Waals surface area contributed by atoms with E-state index in [0.29, 0.717) is 13.0 Å². The molecule has 0 radical (unpaired) electrons. The largest absolute Gasteiger partial charge is 0.489 e. The average molecular weight is 415 g/mol. The fourth-order valence-electron chi connectivity index (χ4n) is 3.47. The summed E-state index contributed by atoms with van der Waals surface area (Å²) in [6.45, 7) is 2.53. The van der Waals surface area contributed by atoms with Crippen LogP contribution in [0.25, 0.3) is 0 Å². The summed E-state index contributed by atoms with van der Waals surface area (Å²) in [6, 6.07) is 25.5. The van der Waals surface area contributed by atoms with Crippen molar-refractivity contribution >= 4 is 12.1 Å². The minimum absolute atomic E-state index is 0.0381. The molecule has 0 aromatic heterocycles. The van der Waals surface area contributed by atoms with E-state index in [0.717, 1.165) is 22.4 Å². The molecule has 1 fully saturated rings. The van der Waals surface area contributed by atoms with Crippen molar-refractivity contribution in [2.45, 2.75) is 32.0 Å². The van der Waals surface area contributed by atoms with Gasteiger partial charge in [0.05, 0.1) is 12.3 Å². The van der Waals surface area contributed by atoms with Crippen molar-refractivity contribution in [2.75, 3.05) is 0 Å². The number of ether oxygens (including phenoxy) is 1. The first-order chi connectivity index (χ1) is 15.2. The Balaban J connectivity index is 1.34. The molecule has 1 amide bonds. The number of rotatable bonds is 7. The Morgan fingerprint density at radius 2 is 1.77 bits per heavy atom. The number of aryl methyl sites for hydroxylation is 1. The third-order valence-electron chi connectivity index (χ3n) is 5.22. The van der Waals surface area contributed by atoms with Gasteiger partial charge in [0.15, 0.2) is 0 Å². The van der Waals surface area contributed by atoms with Crippen LogP contribution >= 0.6 is 0 Å². The van der Waals surface area contributed by atoms with Crippen LogP contribution in [0.3, 0.4) is 0 Å². The van der Waals surface area contributed by atoms with Gasteiger partial charge in [-0.1, -0.05) is 78.4 Å². The van der Waals surface area contributed by atoms with E-state index in [4.69, 9.17) is 4.74 Å². The highest BCUT2D eigenvalue weighted by Crippen LogP contribution is 2.30. The standard InChI is InChI=1S/C25H26N4O2/c1-18-11-13-19(14-12-18)16-26-29-25(30)23-15-22(27-28-23)21-9-5-6-10-24(21)31-17-20-7-3-2-4-8-20/h2-14,16,22-23,27-28H,15,17H2,1H3,(H,29,30)/b26-16+. The molecule has 6 heteroatoms. The first-order valence-electron chi connectivity index (χ1n) is 10.4. The van der Waals surface area contributed by atoms with Crippen molar-refractivity contribution in [3.8, 4) is 5.75 Å². The first kappa shape index (κ1) is 20.8. The summed E-state index contributed by atoms with van der Waals surface area (Å²) < 4.78 is 6.06. The van der Waals surface area contributed by atoms with Crippen molar-refractivity contribution in [2.24, 2.45) is 5.10 Å². The minimum Gasteiger partial charge on any atom is -0.489 e. The van der Waals surface area contributed by atoms with Gasteiger partial charge >= 0.3 is 0 Å². The summed E-state index contributed by atoms with van der Waals surface area (Å²) in [5.74, 6) is 0.630. The highest BCUT2D eigenvalue weighted by atomic mass is 16.5. The SMILES string of the molecule is Cc1ccc(/C=N/NC(=O)C2CC(c3ccccc3OCc3ccccc3)NN2)cc1. The summed E-state index contributed by atoms with van der Waals surface area (Å²) in [5.41, 5.74) is 13.1. The van der Waals surface area contributed by atoms with Gasteiger partial charge in [0.2, 0.25) is 0 Å². The molecule has 3 aromatic rings. The number of carbonyl (C=O) groups excluding carboxylic acids is 1. The summed E-state index contributed by atoms with van der Waals surface area (Å²) in [6.07, 6.45) is 2.24. The Bertz CT molecular complexity index is 1030. The molecule has 2 atom stereocenters. The quantitative estimate of drug-likeness (QED) is 0.408. The lowest BCUT2D eigenvalue weighted by atomic mass is 10.0. The normalized spacial score (nSPS) is 18.2. The van der Waals surface area contributed by atoms with Crippen molar-refractivity contribution in [3.05, 3.63) is 101 Å². The lowest BCUT2D eigenvalue weighted by Crippen LogP contribution is -2.41. The fraction of sp³-hybridized carbons (Fsp3) is 0.200. The van der Waals surface area contributed by atoms with Crippen LogP contribution in [-0.4, -0.2) is 18.2 Å². The second-order valence-corrected chi connectivity index (χ2v) is 7.59. The smallest absolute Gasteiger partial charge is 0.258 e. The molecule has 2 unspecified atom stereocenters. The molecular formula is C25H26N4O2. The Kier molecular flexibility index (Phi) is 6.72. The van der Waals surface area contributed by atoms with Gasteiger partial charge in [-0.2, -0.15) is 5.10 Å². The zero-order valence-corrected chi connectivity index (χ0v) is 17.4. The molecule has 4 rings (SSSR count). The zero-order valence-electron chi connectivity index (χ0n) is 17.4. The molecule has 0 saturated carbocycles. The molecule has 0 bridgehead atoms. The van der Waals surface area contributed by atoms with Crippen LogP contribution in [0.5, 0.6) is 5.75 Å². The highest BCUT2D eigenvalue weighted by molar-refractivity contribution is 5.85. The van der Waals surface area contributed by atoms with E-state index in [-0.39, 0.29) is 18.0 Å². The van der Waals surface area contributed by atoms with Gasteiger partial charge in [0.25, 0.3) is 5.91 Å². The Morgan fingerprint density at radius 3 is 2.58 bits per heavy atom. The Labute approximate surface area is 182 Å². The van der Waals surface area contributed by atoms with Crippen molar-refractivity contribution in [1.29, 1.82) is 0 Å². The molecule has 31 heavy (non-hydrogen) atoms. The lowest BCUT2D eigenvalue weighted by molar-refractivity contribution is -0.122. The lowest BCUT2D eigenvalue weighted by Gasteiger charge is -2.16. The van der Waals surface area contributed by atoms with E-state index in [1.807, 2.05) is 85.8 Å². The molecule has 1 saturated heterocycles. The predicted octanol–water partition coefficient (Wildman–Crippen LogP) is 3.63. The molecule has 158 valence electrons. The molecule has 0 aliphatic carbocycles. The van der Waals surface area contributed by atoms with Crippen molar-refractivity contribution in [3.63, 3.8) is 0 Å². The second kappa shape index (κ2) is 10.0. The molecule has 3 N–H and O–H groups in total. The molecule has 0 spiro atoms. The molecular weight excluding hydrogens is 388 g/mol. The summed E-state index contributed by atoms with van der Waals surface area (Å²) >= 11 is 0. The number of amides is 1. The Hall–Kier alpha value is -3.48. The molecule has 1 aliphatic heterocycles. The van der Waals surface area contributed by atoms with Crippen LogP contribution in [0.2, 0.25) is 0 Å². The third kappa shape index (κ3) is 5.57. The molecule has 1 aliphatic rings. The monoisotopic (exact) mass is 414 g/mol. The van der Waals surface area contributed by atoms with Crippen LogP contribution in [0, 0.1) is 6.92 Å². The van der Waals surface area contributed by atoms with Crippen molar-refractivity contribution in [1.82, 2.24) is 16.3 Å². The zero-order chi connectivity index (χ0) is 21.5. The van der Waals surface area contributed by atoms with Gasteiger partial charge in [-0.3, -0.25) is 4.79 Å². The number of hydrazine groups is 1. The number of nitrogens with zero attached hydrogens (tertiary/aromatic N) is 1. The van der Waals surface area contributed by atoms with E-state index >= 15 is 0 Å². The summed E-state index contributed by atoms with van der Waals surface area (Å²) in [4.78, 5) is 12.5. The van der Waals surface area contributed by atoms with E-state index in [1.165, 1.54) is 5.56 Å². The molecule has 3 aromatic carbocycles. The number of nitrogens with one attached hydrogen (secondary N) is 3. The van der Waals surface area contributed by atoms with Gasteiger partial charge in [0, 0.05) is 5.56 Å². The highest BCUT2D eigenvalue weighted by Gasteiger charge is 2.31. The van der Waals surface area contributed by atoms with Crippen LogP contribution in [0.1, 0.15) is 34.7 Å². The average Bonchev–Trinajstić information content (AvgIpc) is 3.30. The van der Waals surface area contributed by atoms with E-state index < -0.39 is 0 Å². The number of hydrazone groups is 1. The van der Waals surface area contributed by atoms with E-state index in [9.17, 15) is 4.79 Å². The van der Waals surface area contributed by atoms with Crippen molar-refractivity contribution < 1.29 is 9.53 Å². The number of para-hydroxylation sites is 1. The van der Waals surface area contributed by atoms with Gasteiger partial charge in [-0.25, -0.2) is 16.3 Å². The maximum absolute atomic E-state index is 12.5. The summed E-state index contributed by atoms with van der Waals surface area (Å²) in [7, 11) is 0. The van der Waals surface area contributed by atoms with E-state index in [2.05, 4.69) is 21.4 Å². The van der Waals surface area contributed by atoms with Gasteiger partial charge < -0.3 is 4.74 Å². The minimum atomic E-state index is -0.387. The number of hydrogen-bond acceptors (Lipinski definition) is 5. The first-order valence-corrected chi connectivity index (χ1v) is 10.4. The topological polar surface area (TPSA) is 74.8 Å². The number of benzene rings is 3. The maximum atomic E-state index is 12.5. The van der Waals surface area contributed by atoms with E-state index in [1.54, 1.807) is 6.21 Å². The summed E-state index contributed by atoms with van der Waals surface area (Å²) in [5, 5.41) is 4.08. The second-order valence-electron chi connectivity index (χ2n) is 7.59. The molecule has 1 heterocycles. The Morgan fingerprint density at radius 1 is 1.03 bits per heavy atom. The van der Waals surface area contributed by atoms with Gasteiger partial charge in [-0.05, 0) is 30.5 Å². The van der Waals surface area contributed by atoms with Crippen LogP contribution in [0.15, 0.2) is 84.0 Å². The molecule has 6 nitrogen and oxygen atoms in total. The fourth-order valence-corrected chi connectivity index (χ4v) is 3.47. The maximum Gasteiger partial charge on any atom is 0.258 e. The van der Waals surface area contributed by atoms with Gasteiger partial charge in [-0.15, -0.1) is 0 Å². The van der Waals surface area contributed by atoms with Crippen LogP contribution in [0.4, 0.5) is 0 Å². The predicted molar refractivity (Wildman–Crippen MR) is 122 cm³/mol. The third-order valence-corrected chi connectivity index (χ3v) is 5.22. The van der Waals surface area contributed by atoms with Crippen LogP contribution < -0.4 is 21.0 Å². The van der Waals surface area contributed by atoms with Gasteiger partial charge in [0.1, 0.15) is 18.4 Å². The number of hydrogen-bond donors (Lipinski definition) is 3. The van der Waals surface area contributed by atoms with Crippen LogP contribution in [-0.2, 0) is 11.4 Å². The number of carbonyl (C=O) groups is 1.